The molecule has 13 heavy (non-hydrogen) atoms. The van der Waals surface area contributed by atoms with Gasteiger partial charge < -0.3 is 5.11 Å². The lowest BCUT2D eigenvalue weighted by Crippen LogP contribution is -2.24. The number of carboxylic acids is 1. The molecule has 1 N–H and O–H groups in total. The maximum Gasteiger partial charge on any atom is 0.314 e. The molecule has 0 rings (SSSR count). The van der Waals surface area contributed by atoms with E-state index in [9.17, 15) is 9.59 Å². The van der Waals surface area contributed by atoms with Crippen LogP contribution in [0.2, 0.25) is 0 Å². The second kappa shape index (κ2) is 5.73. The Labute approximate surface area is 79.1 Å². The van der Waals surface area contributed by atoms with Crippen LogP contribution < -0.4 is 0 Å². The Balaban J connectivity index is 4.24. The molecule has 3 nitrogen and oxygen atoms in total. The summed E-state index contributed by atoms with van der Waals surface area (Å²) in [6, 6.07) is 0. The maximum atomic E-state index is 11.0. The third kappa shape index (κ3) is 4.06. The minimum atomic E-state index is -0.987. The number of carboxylic acid groups (broad SMARTS) is 1. The molecule has 3 heteroatoms. The van der Waals surface area contributed by atoms with Crippen LogP contribution in [0.1, 0.15) is 40.0 Å². The van der Waals surface area contributed by atoms with Crippen molar-refractivity contribution in [3.63, 3.8) is 0 Å². The van der Waals surface area contributed by atoms with Crippen LogP contribution in [0.3, 0.4) is 0 Å². The van der Waals surface area contributed by atoms with Crippen LogP contribution in [0.15, 0.2) is 0 Å². The highest BCUT2D eigenvalue weighted by molar-refractivity contribution is 5.96. The van der Waals surface area contributed by atoms with Crippen molar-refractivity contribution in [3.8, 4) is 0 Å². The zero-order valence-corrected chi connectivity index (χ0v) is 8.54. The van der Waals surface area contributed by atoms with Gasteiger partial charge in [-0.3, -0.25) is 9.59 Å². The molecule has 0 aromatic carbocycles. The van der Waals surface area contributed by atoms with Gasteiger partial charge in [0.1, 0.15) is 11.7 Å². The van der Waals surface area contributed by atoms with Gasteiger partial charge in [-0.2, -0.15) is 0 Å². The molecule has 1 atom stereocenters. The first-order valence-corrected chi connectivity index (χ1v) is 4.76. The van der Waals surface area contributed by atoms with Crippen LogP contribution in [0, 0.1) is 11.8 Å². The standard InChI is InChI=1S/C10H18O3/c1-4-8(5-2)6-9(7(3)11)10(12)13/h8-9H,4-6H2,1-3H3,(H,12,13). The molecule has 0 amide bonds. The SMILES string of the molecule is CCC(CC)CC(C(C)=O)C(=O)O. The van der Waals surface area contributed by atoms with E-state index in [4.69, 9.17) is 5.11 Å². The highest BCUT2D eigenvalue weighted by Crippen LogP contribution is 2.19. The molecule has 0 aromatic heterocycles. The first-order valence-electron chi connectivity index (χ1n) is 4.76. The largest absolute Gasteiger partial charge is 0.481 e. The van der Waals surface area contributed by atoms with Gasteiger partial charge in [0.15, 0.2) is 0 Å². The van der Waals surface area contributed by atoms with Crippen LogP contribution in [-0.2, 0) is 9.59 Å². The summed E-state index contributed by atoms with van der Waals surface area (Å²) in [6.45, 7) is 5.39. The summed E-state index contributed by atoms with van der Waals surface area (Å²) in [4.78, 5) is 21.7. The van der Waals surface area contributed by atoms with Crippen LogP contribution in [-0.4, -0.2) is 16.9 Å². The topological polar surface area (TPSA) is 54.4 Å². The van der Waals surface area contributed by atoms with Gasteiger partial charge in [-0.25, -0.2) is 0 Å². The summed E-state index contributed by atoms with van der Waals surface area (Å²) in [5.74, 6) is -1.67. The predicted octanol–water partition coefficient (Wildman–Crippen LogP) is 2.10. The van der Waals surface area contributed by atoms with E-state index in [2.05, 4.69) is 0 Å². The van der Waals surface area contributed by atoms with Gasteiger partial charge in [0.25, 0.3) is 0 Å². The summed E-state index contributed by atoms with van der Waals surface area (Å²) >= 11 is 0. The van der Waals surface area contributed by atoms with Crippen molar-refractivity contribution in [3.05, 3.63) is 0 Å². The summed E-state index contributed by atoms with van der Waals surface area (Å²) in [5, 5.41) is 8.76. The van der Waals surface area contributed by atoms with Gasteiger partial charge in [-0.05, 0) is 19.3 Å². The zero-order chi connectivity index (χ0) is 10.4. The minimum Gasteiger partial charge on any atom is -0.481 e. The Kier molecular flexibility index (Phi) is 5.35. The second-order valence-electron chi connectivity index (χ2n) is 3.42. The molecule has 0 aromatic rings. The van der Waals surface area contributed by atoms with Gasteiger partial charge in [0.05, 0.1) is 0 Å². The normalized spacial score (nSPS) is 12.9. The summed E-state index contributed by atoms with van der Waals surface area (Å²) in [5.41, 5.74) is 0. The number of carbonyl (C=O) groups is 2. The van der Waals surface area contributed by atoms with E-state index in [0.717, 1.165) is 12.8 Å². The lowest BCUT2D eigenvalue weighted by Gasteiger charge is -2.15. The van der Waals surface area contributed by atoms with Crippen molar-refractivity contribution in [1.82, 2.24) is 0 Å². The fourth-order valence-corrected chi connectivity index (χ4v) is 1.40. The van der Waals surface area contributed by atoms with Gasteiger partial charge in [-0.1, -0.05) is 26.7 Å². The van der Waals surface area contributed by atoms with E-state index in [1.807, 2.05) is 13.8 Å². The van der Waals surface area contributed by atoms with E-state index in [0.29, 0.717) is 12.3 Å². The lowest BCUT2D eigenvalue weighted by atomic mass is 9.88. The Bertz CT molecular complexity index is 169. The second-order valence-corrected chi connectivity index (χ2v) is 3.42. The Morgan fingerprint density at radius 3 is 1.92 bits per heavy atom. The molecule has 0 aliphatic carbocycles. The molecular weight excluding hydrogens is 168 g/mol. The Morgan fingerprint density at radius 2 is 1.69 bits per heavy atom. The lowest BCUT2D eigenvalue weighted by molar-refractivity contribution is -0.146. The van der Waals surface area contributed by atoms with Crippen molar-refractivity contribution < 1.29 is 14.7 Å². The van der Waals surface area contributed by atoms with Gasteiger partial charge in [-0.15, -0.1) is 0 Å². The van der Waals surface area contributed by atoms with Crippen LogP contribution in [0.4, 0.5) is 0 Å². The van der Waals surface area contributed by atoms with Crippen LogP contribution in [0.25, 0.3) is 0 Å². The van der Waals surface area contributed by atoms with Crippen molar-refractivity contribution in [2.75, 3.05) is 0 Å². The van der Waals surface area contributed by atoms with E-state index in [-0.39, 0.29) is 5.78 Å². The van der Waals surface area contributed by atoms with Gasteiger partial charge >= 0.3 is 5.97 Å². The molecule has 0 aliphatic heterocycles. The summed E-state index contributed by atoms with van der Waals surface area (Å²) in [7, 11) is 0. The van der Waals surface area contributed by atoms with E-state index < -0.39 is 11.9 Å². The maximum absolute atomic E-state index is 11.0. The first kappa shape index (κ1) is 12.1. The van der Waals surface area contributed by atoms with Crippen molar-refractivity contribution >= 4 is 11.8 Å². The average Bonchev–Trinajstić information content (AvgIpc) is 2.05. The minimum absolute atomic E-state index is 0.237. The summed E-state index contributed by atoms with van der Waals surface area (Å²) < 4.78 is 0. The third-order valence-corrected chi connectivity index (χ3v) is 2.51. The molecule has 0 bridgehead atoms. The monoisotopic (exact) mass is 186 g/mol. The smallest absolute Gasteiger partial charge is 0.314 e. The number of carbonyl (C=O) groups excluding carboxylic acids is 1. The average molecular weight is 186 g/mol. The number of hydrogen-bond acceptors (Lipinski definition) is 2. The fourth-order valence-electron chi connectivity index (χ4n) is 1.40. The molecule has 1 unspecified atom stereocenters. The third-order valence-electron chi connectivity index (χ3n) is 2.51. The predicted molar refractivity (Wildman–Crippen MR) is 50.5 cm³/mol. The van der Waals surface area contributed by atoms with Crippen molar-refractivity contribution in [1.29, 1.82) is 0 Å². The molecule has 0 saturated carbocycles. The number of Topliss-reactive ketones (excluding diaryl/α,β-unsaturated/α-hetero) is 1. The first-order chi connectivity index (χ1) is 6.02. The van der Waals surface area contributed by atoms with Crippen LogP contribution >= 0.6 is 0 Å². The zero-order valence-electron chi connectivity index (χ0n) is 8.54. The molecular formula is C10H18O3. The van der Waals surface area contributed by atoms with Gasteiger partial charge in [0.2, 0.25) is 0 Å². The number of hydrogen-bond donors (Lipinski definition) is 1. The van der Waals surface area contributed by atoms with Crippen molar-refractivity contribution in [2.24, 2.45) is 11.8 Å². The number of rotatable bonds is 6. The van der Waals surface area contributed by atoms with E-state index >= 15 is 0 Å². The van der Waals surface area contributed by atoms with Crippen molar-refractivity contribution in [2.45, 2.75) is 40.0 Å². The number of aliphatic carboxylic acids is 1. The van der Waals surface area contributed by atoms with E-state index in [1.165, 1.54) is 6.92 Å². The molecule has 0 heterocycles. The van der Waals surface area contributed by atoms with Gasteiger partial charge in [0, 0.05) is 0 Å². The molecule has 0 fully saturated rings. The van der Waals surface area contributed by atoms with Crippen LogP contribution in [0.5, 0.6) is 0 Å². The summed E-state index contributed by atoms with van der Waals surface area (Å²) in [6.07, 6.45) is 2.36. The molecule has 76 valence electrons. The molecule has 0 spiro atoms. The highest BCUT2D eigenvalue weighted by Gasteiger charge is 2.24. The highest BCUT2D eigenvalue weighted by atomic mass is 16.4. The van der Waals surface area contributed by atoms with E-state index in [1.54, 1.807) is 0 Å². The molecule has 0 radical (unpaired) electrons. The quantitative estimate of drug-likeness (QED) is 0.646. The Hall–Kier alpha value is -0.860. The molecule has 0 aliphatic rings. The Morgan fingerprint density at radius 1 is 1.23 bits per heavy atom. The molecule has 0 saturated heterocycles. The fraction of sp³-hybridized carbons (Fsp3) is 0.800. The number of ketones is 1.